The molecular weight excluding hydrogens is 839 g/mol. The summed E-state index contributed by atoms with van der Waals surface area (Å²) < 4.78 is 6.19. The summed E-state index contributed by atoms with van der Waals surface area (Å²) in [5.41, 5.74) is 12.5. The third kappa shape index (κ3) is 10.1. The summed E-state index contributed by atoms with van der Waals surface area (Å²) in [6.07, 6.45) is 10.6. The predicted molar refractivity (Wildman–Crippen MR) is 261 cm³/mol. The van der Waals surface area contributed by atoms with Gasteiger partial charge in [0.2, 0.25) is 5.91 Å². The summed E-state index contributed by atoms with van der Waals surface area (Å²) in [5, 5.41) is 55.9. The van der Waals surface area contributed by atoms with Crippen LogP contribution in [0.5, 0.6) is 0 Å². The largest absolute Gasteiger partial charge is 0.392 e. The van der Waals surface area contributed by atoms with Gasteiger partial charge in [0.25, 0.3) is 0 Å². The number of fused-ring (bicyclic) bond motifs is 8. The number of amides is 1. The monoisotopic (exact) mass is 908 g/mol. The summed E-state index contributed by atoms with van der Waals surface area (Å²) in [5.74, 6) is 10.5. The van der Waals surface area contributed by atoms with E-state index in [-0.39, 0.29) is 43.8 Å². The number of β-amino-alcohol motifs (C(OH)–C–C–N with tert-alkyl or cyclic N) is 1. The van der Waals surface area contributed by atoms with Gasteiger partial charge in [0.05, 0.1) is 36.4 Å². The van der Waals surface area contributed by atoms with E-state index in [1.54, 1.807) is 0 Å². The first-order valence-corrected chi connectivity index (χ1v) is 24.4. The van der Waals surface area contributed by atoms with E-state index in [4.69, 9.17) is 10.5 Å². The van der Waals surface area contributed by atoms with Crippen LogP contribution in [-0.4, -0.2) is 75.8 Å². The van der Waals surface area contributed by atoms with Crippen LogP contribution in [0.25, 0.3) is 0 Å². The van der Waals surface area contributed by atoms with Gasteiger partial charge in [-0.2, -0.15) is 0 Å². The summed E-state index contributed by atoms with van der Waals surface area (Å²) in [4.78, 5) is 29.3. The number of aliphatic hydroxyl groups excluding tert-OH is 3. The Labute approximate surface area is 396 Å². The van der Waals surface area contributed by atoms with Crippen molar-refractivity contribution in [3.8, 4) is 23.7 Å². The Bertz CT molecular complexity index is 2490. The number of carbonyl (C=O) groups is 2. The van der Waals surface area contributed by atoms with Crippen LogP contribution in [0.2, 0.25) is 0 Å². The highest BCUT2D eigenvalue weighted by molar-refractivity contribution is 6.01. The third-order valence-electron chi connectivity index (χ3n) is 15.9. The maximum atomic E-state index is 15.5. The zero-order valence-electron chi connectivity index (χ0n) is 39.5. The van der Waals surface area contributed by atoms with E-state index in [0.29, 0.717) is 80.1 Å². The molecule has 3 heterocycles. The summed E-state index contributed by atoms with van der Waals surface area (Å²) in [6, 6.07) is 12.8. The quantitative estimate of drug-likeness (QED) is 0.120. The number of benzene rings is 2. The summed E-state index contributed by atoms with van der Waals surface area (Å²) in [6.45, 7) is 10.7. The Kier molecular flexibility index (Phi) is 15.1. The van der Waals surface area contributed by atoms with Gasteiger partial charge in [-0.3, -0.25) is 14.9 Å². The summed E-state index contributed by atoms with van der Waals surface area (Å²) >= 11 is 0. The van der Waals surface area contributed by atoms with Crippen LogP contribution in [0.4, 0.5) is 0 Å². The second-order valence-electron chi connectivity index (χ2n) is 20.2. The van der Waals surface area contributed by atoms with Crippen LogP contribution >= 0.6 is 0 Å². The number of hydrogen-bond acceptors (Lipinski definition) is 9. The number of aryl methyl sites for hydroxylation is 1. The van der Waals surface area contributed by atoms with Crippen molar-refractivity contribution in [1.29, 1.82) is 0 Å². The van der Waals surface area contributed by atoms with E-state index in [0.717, 1.165) is 40.7 Å². The number of hydrogen-bond donors (Lipinski definition) is 7. The molecule has 10 heteroatoms. The van der Waals surface area contributed by atoms with E-state index < -0.39 is 59.3 Å². The highest BCUT2D eigenvalue weighted by Crippen LogP contribution is 2.63. The van der Waals surface area contributed by atoms with Gasteiger partial charge in [-0.1, -0.05) is 108 Å². The lowest BCUT2D eigenvalue weighted by atomic mass is 9.51. The van der Waals surface area contributed by atoms with Crippen LogP contribution in [0.1, 0.15) is 131 Å². The minimum Gasteiger partial charge on any atom is -0.392 e. The van der Waals surface area contributed by atoms with Gasteiger partial charge in [0, 0.05) is 36.6 Å². The number of Topliss-reactive ketones (excluding diaryl/α,β-unsaturated/α-hetero) is 1. The Morgan fingerprint density at radius 3 is 2.58 bits per heavy atom. The molecule has 8 rings (SSSR count). The minimum absolute atomic E-state index is 0.135. The first-order valence-electron chi connectivity index (χ1n) is 24.4. The number of nitrogens with two attached hydrogens (primary N) is 1. The van der Waals surface area contributed by atoms with Crippen LogP contribution in [0.15, 0.2) is 101 Å². The predicted octanol–water partition coefficient (Wildman–Crippen LogP) is 6.81. The maximum Gasteiger partial charge on any atom is 0.243 e. The first-order chi connectivity index (χ1) is 32.2. The molecule has 2 aromatic rings. The number of nitrogens with one attached hydrogen (secondary N) is 2. The Balaban J connectivity index is 1.25. The number of rotatable bonds is 1. The average Bonchev–Trinajstić information content (AvgIpc) is 3.64. The molecule has 3 aliphatic carbocycles. The molecule has 6 aliphatic rings. The normalized spacial score (nSPS) is 34.4. The van der Waals surface area contributed by atoms with Crippen LogP contribution in [0.3, 0.4) is 0 Å². The molecule has 10 nitrogen and oxygen atoms in total. The molecule has 11 unspecified atom stereocenters. The van der Waals surface area contributed by atoms with Crippen LogP contribution in [0, 0.1) is 46.9 Å². The van der Waals surface area contributed by atoms with Gasteiger partial charge < -0.3 is 36.2 Å². The fraction of sp³-hybridized carbons (Fsp3) is 0.509. The third-order valence-corrected chi connectivity index (χ3v) is 15.9. The highest BCUT2D eigenvalue weighted by atomic mass is 16.5. The fourth-order valence-electron chi connectivity index (χ4n) is 12.2. The van der Waals surface area contributed by atoms with E-state index >= 15 is 4.79 Å². The minimum atomic E-state index is -1.35. The van der Waals surface area contributed by atoms with E-state index in [2.05, 4.69) is 60.0 Å². The van der Waals surface area contributed by atoms with Gasteiger partial charge in [-0.15, -0.1) is 5.92 Å². The Morgan fingerprint density at radius 1 is 0.955 bits per heavy atom. The van der Waals surface area contributed by atoms with Crippen molar-refractivity contribution >= 4 is 11.7 Å². The molecule has 8 N–H and O–H groups in total. The molecule has 67 heavy (non-hydrogen) atoms. The zero-order valence-corrected chi connectivity index (χ0v) is 39.5. The summed E-state index contributed by atoms with van der Waals surface area (Å²) in [7, 11) is 0. The number of aliphatic hydroxyl groups is 4. The molecule has 354 valence electrons. The van der Waals surface area contributed by atoms with Gasteiger partial charge in [0.15, 0.2) is 5.78 Å². The second-order valence-corrected chi connectivity index (χ2v) is 20.2. The smallest absolute Gasteiger partial charge is 0.243 e. The van der Waals surface area contributed by atoms with Crippen LogP contribution in [-0.2, 0) is 27.2 Å². The number of ketones is 1. The molecule has 0 saturated heterocycles. The lowest BCUT2D eigenvalue weighted by molar-refractivity contribution is -0.170. The first kappa shape index (κ1) is 48.6. The van der Waals surface area contributed by atoms with Crippen molar-refractivity contribution in [3.63, 3.8) is 0 Å². The zero-order chi connectivity index (χ0) is 47.5. The van der Waals surface area contributed by atoms with E-state index in [9.17, 15) is 25.2 Å². The lowest BCUT2D eigenvalue weighted by Crippen LogP contribution is -2.60. The maximum absolute atomic E-state index is 15.5. The molecule has 0 radical (unpaired) electrons. The van der Waals surface area contributed by atoms with Crippen molar-refractivity contribution in [2.75, 3.05) is 19.8 Å². The average molecular weight is 908 g/mol. The second kappa shape index (κ2) is 20.8. The van der Waals surface area contributed by atoms with E-state index in [1.807, 2.05) is 68.5 Å². The van der Waals surface area contributed by atoms with Crippen molar-refractivity contribution in [1.82, 2.24) is 10.6 Å². The number of allylic oxidation sites excluding steroid dienone is 8. The van der Waals surface area contributed by atoms with Crippen molar-refractivity contribution in [2.45, 2.75) is 140 Å². The molecule has 1 amide bonds. The number of ether oxygens (including phenoxy) is 1. The Hall–Kier alpha value is -4.88. The van der Waals surface area contributed by atoms with Crippen molar-refractivity contribution < 1.29 is 34.8 Å². The van der Waals surface area contributed by atoms with Crippen LogP contribution < -0.4 is 16.4 Å². The topological polar surface area (TPSA) is 174 Å². The molecule has 2 saturated carbocycles. The molecule has 2 aromatic carbocycles. The van der Waals surface area contributed by atoms with Crippen molar-refractivity contribution in [2.24, 2.45) is 28.9 Å². The van der Waals surface area contributed by atoms with Gasteiger partial charge >= 0.3 is 0 Å². The standard InChI is InChI=1S/C57H69N3O7/c1-35-12-5-6-29-67-34-41(19-8-15-36(2)14-7-13-35)44-26-28-57(53(44)64)48-32-40-18-10-21-46(52(63)37(3)43(48)25-27-56(57,4)66)45-20-11-22-47-50(45)51(55(65)60-54(47)58)59-33-42(61)24-23-38-16-9-17-39(30-38)31-49(40)62/h8-9,11,13,15-17,19-20,22,30,40,42,44,46,48-49,51,53-54,59,61-62,64,66H,2,7,12,14,21,23-29,31-34,58H2,1,3-4H3,(H,60,65). The SMILES string of the molecule is C=C1C=CC=C(C2CCC3(C4CC5C#CCC(C(=O)C(C)=C4CCC3(C)O)c3cccc4c3C(NCC(O)CCc3cccc(c3)CC5O)C(=O)NC4N)C2O)COCC#CCC(C)=CCC1. The molecule has 2 fully saturated rings. The van der Waals surface area contributed by atoms with Gasteiger partial charge in [-0.25, -0.2) is 0 Å². The molecule has 4 bridgehead atoms. The molecule has 0 aromatic heterocycles. The fourth-order valence-corrected chi connectivity index (χ4v) is 12.2. The van der Waals surface area contributed by atoms with Gasteiger partial charge in [-0.05, 0) is 130 Å². The molecule has 3 aliphatic heterocycles. The van der Waals surface area contributed by atoms with Crippen molar-refractivity contribution in [3.05, 3.63) is 129 Å². The number of carbonyl (C=O) groups excluding carboxylic acids is 2. The van der Waals surface area contributed by atoms with Gasteiger partial charge in [0.1, 0.15) is 18.8 Å². The molecule has 1 spiro atoms. The Morgan fingerprint density at radius 2 is 1.75 bits per heavy atom. The molecular formula is C57H69N3O7. The lowest BCUT2D eigenvalue weighted by Gasteiger charge is -2.56. The highest BCUT2D eigenvalue weighted by Gasteiger charge is 2.64. The van der Waals surface area contributed by atoms with E-state index in [1.165, 1.54) is 5.57 Å². The molecule has 11 atom stereocenters.